The maximum Gasteiger partial charge on any atom is 0.237 e. The molecule has 0 saturated heterocycles. The topological polar surface area (TPSA) is 55.1 Å². The Balaban J connectivity index is 0. The number of rotatable bonds is 8. The lowest BCUT2D eigenvalue weighted by atomic mass is 10.0. The second kappa shape index (κ2) is 11.2. The number of carbonyl (C=O) groups is 1. The molecule has 0 aromatic rings. The minimum atomic E-state index is -0.360. The Hall–Kier alpha value is 0.0700. The predicted molar refractivity (Wildman–Crippen MR) is 79.9 cm³/mol. The second-order valence-corrected chi connectivity index (χ2v) is 6.03. The van der Waals surface area contributed by atoms with Crippen LogP contribution in [0.5, 0.6) is 0 Å². The SMILES string of the molecule is CCSCCC(C)NC(=O)[C@@H](N)CC(C)C.Cl. The molecule has 0 saturated carbocycles. The first kappa shape index (κ1) is 19.4. The molecule has 0 fully saturated rings. The number of carbonyl (C=O) groups excluding carboxylic acids is 1. The fraction of sp³-hybridized carbons (Fsp3) is 0.917. The summed E-state index contributed by atoms with van der Waals surface area (Å²) in [6.07, 6.45) is 1.76. The van der Waals surface area contributed by atoms with Gasteiger partial charge in [0.05, 0.1) is 6.04 Å². The van der Waals surface area contributed by atoms with E-state index in [1.54, 1.807) is 0 Å². The van der Waals surface area contributed by atoms with E-state index >= 15 is 0 Å². The van der Waals surface area contributed by atoms with Crippen LogP contribution in [0.1, 0.15) is 40.5 Å². The van der Waals surface area contributed by atoms with Gasteiger partial charge in [0.15, 0.2) is 0 Å². The molecule has 0 aromatic heterocycles. The highest BCUT2D eigenvalue weighted by atomic mass is 35.5. The van der Waals surface area contributed by atoms with Crippen LogP contribution in [0.25, 0.3) is 0 Å². The van der Waals surface area contributed by atoms with Crippen LogP contribution in [0.4, 0.5) is 0 Å². The number of amides is 1. The van der Waals surface area contributed by atoms with Crippen molar-refractivity contribution in [2.75, 3.05) is 11.5 Å². The van der Waals surface area contributed by atoms with Gasteiger partial charge >= 0.3 is 0 Å². The lowest BCUT2D eigenvalue weighted by molar-refractivity contribution is -0.123. The molecule has 0 aliphatic carbocycles. The minimum Gasteiger partial charge on any atom is -0.352 e. The van der Waals surface area contributed by atoms with Crippen molar-refractivity contribution in [1.82, 2.24) is 5.32 Å². The minimum absolute atomic E-state index is 0. The molecular formula is C12H27ClN2OS. The third-order valence-corrected chi connectivity index (χ3v) is 3.28. The molecule has 0 bridgehead atoms. The first-order valence-corrected chi connectivity index (χ1v) is 7.26. The van der Waals surface area contributed by atoms with Crippen molar-refractivity contribution in [2.24, 2.45) is 11.7 Å². The van der Waals surface area contributed by atoms with Crippen molar-refractivity contribution in [3.05, 3.63) is 0 Å². The van der Waals surface area contributed by atoms with Gasteiger partial charge in [0.2, 0.25) is 5.91 Å². The van der Waals surface area contributed by atoms with Gasteiger partial charge in [-0.2, -0.15) is 11.8 Å². The first-order chi connectivity index (χ1) is 7.47. The number of hydrogen-bond acceptors (Lipinski definition) is 3. The van der Waals surface area contributed by atoms with E-state index < -0.39 is 0 Å². The number of nitrogens with two attached hydrogens (primary N) is 1. The van der Waals surface area contributed by atoms with Gasteiger partial charge in [-0.1, -0.05) is 20.8 Å². The van der Waals surface area contributed by atoms with Crippen LogP contribution in [0.15, 0.2) is 0 Å². The zero-order valence-electron chi connectivity index (χ0n) is 11.4. The lowest BCUT2D eigenvalue weighted by Gasteiger charge is -2.18. The molecular weight excluding hydrogens is 256 g/mol. The Morgan fingerprint density at radius 1 is 1.35 bits per heavy atom. The molecule has 1 amide bonds. The summed E-state index contributed by atoms with van der Waals surface area (Å²) in [5.74, 6) is 2.68. The number of nitrogens with one attached hydrogen (secondary N) is 1. The second-order valence-electron chi connectivity index (χ2n) is 4.63. The van der Waals surface area contributed by atoms with Gasteiger partial charge in [-0.3, -0.25) is 4.79 Å². The Morgan fingerprint density at radius 2 is 1.94 bits per heavy atom. The van der Waals surface area contributed by atoms with E-state index in [2.05, 4.69) is 26.1 Å². The van der Waals surface area contributed by atoms with Gasteiger partial charge in [-0.15, -0.1) is 12.4 Å². The summed E-state index contributed by atoms with van der Waals surface area (Å²) in [6, 6.07) is -0.133. The van der Waals surface area contributed by atoms with Crippen LogP contribution >= 0.6 is 24.2 Å². The summed E-state index contributed by atoms with van der Waals surface area (Å²) in [5.41, 5.74) is 5.80. The Labute approximate surface area is 116 Å². The molecule has 0 aromatic carbocycles. The van der Waals surface area contributed by atoms with Crippen molar-refractivity contribution >= 4 is 30.1 Å². The van der Waals surface area contributed by atoms with E-state index in [4.69, 9.17) is 5.73 Å². The fourth-order valence-electron chi connectivity index (χ4n) is 1.44. The maximum atomic E-state index is 11.7. The summed E-state index contributed by atoms with van der Waals surface area (Å²) >= 11 is 1.90. The standard InChI is InChI=1S/C12H26N2OS.ClH/c1-5-16-7-6-10(4)14-12(15)11(13)8-9(2)3;/h9-11H,5-8,13H2,1-4H3,(H,14,15);1H/t10?,11-;/m0./s1. The van der Waals surface area contributed by atoms with Crippen LogP contribution in [-0.4, -0.2) is 29.5 Å². The van der Waals surface area contributed by atoms with Gasteiger partial charge in [-0.05, 0) is 37.2 Å². The first-order valence-electron chi connectivity index (χ1n) is 6.11. The monoisotopic (exact) mass is 282 g/mol. The van der Waals surface area contributed by atoms with Gasteiger partial charge in [0.1, 0.15) is 0 Å². The highest BCUT2D eigenvalue weighted by Crippen LogP contribution is 2.05. The number of halogens is 1. The summed E-state index contributed by atoms with van der Waals surface area (Å²) in [7, 11) is 0. The molecule has 3 N–H and O–H groups in total. The molecule has 5 heteroatoms. The van der Waals surface area contributed by atoms with Crippen LogP contribution in [0.2, 0.25) is 0 Å². The Morgan fingerprint density at radius 3 is 2.41 bits per heavy atom. The van der Waals surface area contributed by atoms with Gasteiger partial charge in [-0.25, -0.2) is 0 Å². The molecule has 3 nitrogen and oxygen atoms in total. The highest BCUT2D eigenvalue weighted by molar-refractivity contribution is 7.99. The third-order valence-electron chi connectivity index (χ3n) is 2.35. The van der Waals surface area contributed by atoms with Crippen LogP contribution in [0, 0.1) is 5.92 Å². The number of thioether (sulfide) groups is 1. The maximum absolute atomic E-state index is 11.7. The largest absolute Gasteiger partial charge is 0.352 e. The summed E-state index contributed by atoms with van der Waals surface area (Å²) < 4.78 is 0. The zero-order chi connectivity index (χ0) is 12.6. The smallest absolute Gasteiger partial charge is 0.237 e. The van der Waals surface area contributed by atoms with Crippen molar-refractivity contribution in [3.63, 3.8) is 0 Å². The van der Waals surface area contributed by atoms with E-state index in [9.17, 15) is 4.79 Å². The summed E-state index contributed by atoms with van der Waals surface area (Å²) in [5, 5.41) is 2.97. The van der Waals surface area contributed by atoms with Crippen molar-refractivity contribution < 1.29 is 4.79 Å². The molecule has 1 unspecified atom stereocenters. The summed E-state index contributed by atoms with van der Waals surface area (Å²) in [6.45, 7) is 8.34. The van der Waals surface area contributed by atoms with E-state index in [0.29, 0.717) is 5.92 Å². The molecule has 0 aliphatic rings. The Bertz CT molecular complexity index is 203. The van der Waals surface area contributed by atoms with Crippen LogP contribution in [-0.2, 0) is 4.79 Å². The van der Waals surface area contributed by atoms with Crippen molar-refractivity contribution in [3.8, 4) is 0 Å². The van der Waals surface area contributed by atoms with Gasteiger partial charge in [0.25, 0.3) is 0 Å². The normalized spacial score (nSPS) is 14.0. The quantitative estimate of drug-likeness (QED) is 0.672. The van der Waals surface area contributed by atoms with Crippen LogP contribution in [0.3, 0.4) is 0 Å². The molecule has 0 radical (unpaired) electrons. The highest BCUT2D eigenvalue weighted by Gasteiger charge is 2.16. The lowest BCUT2D eigenvalue weighted by Crippen LogP contribution is -2.45. The molecule has 104 valence electrons. The van der Waals surface area contributed by atoms with E-state index in [0.717, 1.165) is 24.3 Å². The Kier molecular flexibility index (Phi) is 12.8. The van der Waals surface area contributed by atoms with Gasteiger partial charge in [0, 0.05) is 6.04 Å². The van der Waals surface area contributed by atoms with E-state index in [1.807, 2.05) is 18.7 Å². The third kappa shape index (κ3) is 10.9. The predicted octanol–water partition coefficient (Wildman–Crippen LogP) is 2.43. The summed E-state index contributed by atoms with van der Waals surface area (Å²) in [4.78, 5) is 11.7. The van der Waals surface area contributed by atoms with Crippen molar-refractivity contribution in [1.29, 1.82) is 0 Å². The average molecular weight is 283 g/mol. The molecule has 0 rings (SSSR count). The molecule has 17 heavy (non-hydrogen) atoms. The van der Waals surface area contributed by atoms with E-state index in [-0.39, 0.29) is 30.4 Å². The van der Waals surface area contributed by atoms with Crippen LogP contribution < -0.4 is 11.1 Å². The van der Waals surface area contributed by atoms with E-state index in [1.165, 1.54) is 0 Å². The fourth-order valence-corrected chi connectivity index (χ4v) is 2.25. The molecule has 0 heterocycles. The van der Waals surface area contributed by atoms with Crippen molar-refractivity contribution in [2.45, 2.75) is 52.6 Å². The molecule has 0 aliphatic heterocycles. The molecule has 0 spiro atoms. The molecule has 2 atom stereocenters. The number of hydrogen-bond donors (Lipinski definition) is 2. The zero-order valence-corrected chi connectivity index (χ0v) is 13.0. The van der Waals surface area contributed by atoms with Gasteiger partial charge < -0.3 is 11.1 Å². The average Bonchev–Trinajstić information content (AvgIpc) is 2.16.